The maximum absolute atomic E-state index is 12.7. The molecule has 0 unspecified atom stereocenters. The molecule has 0 bridgehead atoms. The van der Waals surface area contributed by atoms with E-state index in [-0.39, 0.29) is 18.0 Å². The number of halogens is 1. The van der Waals surface area contributed by atoms with Gasteiger partial charge in [0.1, 0.15) is 11.4 Å². The van der Waals surface area contributed by atoms with Gasteiger partial charge >= 0.3 is 0 Å². The number of carbonyl (C=O) groups is 1. The van der Waals surface area contributed by atoms with Crippen molar-refractivity contribution in [3.8, 4) is 0 Å². The van der Waals surface area contributed by atoms with Crippen molar-refractivity contribution in [2.75, 3.05) is 0 Å². The molecule has 0 aliphatic rings. The molecule has 14 heavy (non-hydrogen) atoms. The molecule has 1 aromatic rings. The zero-order valence-electron chi connectivity index (χ0n) is 8.25. The topological polar surface area (TPSA) is 37.3 Å². The molecule has 3 heteroatoms. The van der Waals surface area contributed by atoms with Crippen LogP contribution in [0.15, 0.2) is 24.3 Å². The summed E-state index contributed by atoms with van der Waals surface area (Å²) in [6, 6.07) is 5.82. The Morgan fingerprint density at radius 2 is 2.14 bits per heavy atom. The van der Waals surface area contributed by atoms with Crippen LogP contribution in [0.2, 0.25) is 0 Å². The Kier molecular flexibility index (Phi) is 3.01. The molecule has 0 heterocycles. The summed E-state index contributed by atoms with van der Waals surface area (Å²) in [7, 11) is 0. The van der Waals surface area contributed by atoms with E-state index in [1.54, 1.807) is 12.1 Å². The lowest BCUT2D eigenvalue weighted by molar-refractivity contribution is -0.133. The van der Waals surface area contributed by atoms with Crippen LogP contribution in [0.25, 0.3) is 0 Å². The first kappa shape index (κ1) is 10.9. The van der Waals surface area contributed by atoms with Gasteiger partial charge in [-0.1, -0.05) is 12.1 Å². The minimum absolute atomic E-state index is 0.0568. The third-order valence-electron chi connectivity index (χ3n) is 1.94. The van der Waals surface area contributed by atoms with Crippen LogP contribution in [0, 0.1) is 5.82 Å². The van der Waals surface area contributed by atoms with Gasteiger partial charge in [-0.25, -0.2) is 4.39 Å². The first-order valence-corrected chi connectivity index (χ1v) is 4.40. The van der Waals surface area contributed by atoms with Crippen molar-refractivity contribution in [2.45, 2.75) is 25.9 Å². The Labute approximate surface area is 82.4 Å². The molecule has 0 fully saturated rings. The Bertz CT molecular complexity index is 339. The molecule has 0 radical (unpaired) electrons. The maximum Gasteiger partial charge on any atom is 0.168 e. The summed E-state index contributed by atoms with van der Waals surface area (Å²) in [4.78, 5) is 11.4. The first-order chi connectivity index (χ1) is 6.39. The molecular formula is C11H13FO2. The number of hydrogen-bond acceptors (Lipinski definition) is 2. The monoisotopic (exact) mass is 196 g/mol. The summed E-state index contributed by atoms with van der Waals surface area (Å²) in [6.07, 6.45) is 0.0568. The summed E-state index contributed by atoms with van der Waals surface area (Å²) >= 11 is 0. The molecule has 0 aromatic heterocycles. The lowest BCUT2D eigenvalue weighted by atomic mass is 9.97. The molecular weight excluding hydrogens is 183 g/mol. The minimum Gasteiger partial charge on any atom is -0.383 e. The van der Waals surface area contributed by atoms with Crippen LogP contribution < -0.4 is 0 Å². The zero-order valence-corrected chi connectivity index (χ0v) is 8.25. The molecule has 1 aromatic carbocycles. The molecule has 1 N–H and O–H groups in total. The van der Waals surface area contributed by atoms with E-state index in [9.17, 15) is 14.3 Å². The second kappa shape index (κ2) is 3.88. The predicted octanol–water partition coefficient (Wildman–Crippen LogP) is 1.71. The van der Waals surface area contributed by atoms with Gasteiger partial charge < -0.3 is 5.11 Å². The number of rotatable bonds is 3. The highest BCUT2D eigenvalue weighted by atomic mass is 19.1. The fourth-order valence-corrected chi connectivity index (χ4v) is 1.05. The molecule has 1 rings (SSSR count). The van der Waals surface area contributed by atoms with Crippen LogP contribution in [0.1, 0.15) is 19.4 Å². The van der Waals surface area contributed by atoms with Gasteiger partial charge in [-0.15, -0.1) is 0 Å². The SMILES string of the molecule is CC(C)(O)C(=O)Cc1cccc(F)c1. The third kappa shape index (κ3) is 2.92. The summed E-state index contributed by atoms with van der Waals surface area (Å²) in [5.74, 6) is -0.686. The number of carbonyl (C=O) groups excluding carboxylic acids is 1. The molecule has 0 amide bonds. The fraction of sp³-hybridized carbons (Fsp3) is 0.364. The number of ketones is 1. The Morgan fingerprint density at radius 3 is 2.64 bits per heavy atom. The Balaban J connectivity index is 2.75. The molecule has 0 saturated carbocycles. The van der Waals surface area contributed by atoms with Gasteiger partial charge in [0.15, 0.2) is 5.78 Å². The molecule has 76 valence electrons. The predicted molar refractivity (Wildman–Crippen MR) is 51.4 cm³/mol. The van der Waals surface area contributed by atoms with Crippen molar-refractivity contribution in [1.82, 2.24) is 0 Å². The second-order valence-corrected chi connectivity index (χ2v) is 3.79. The van der Waals surface area contributed by atoms with Crippen molar-refractivity contribution < 1.29 is 14.3 Å². The van der Waals surface area contributed by atoms with E-state index >= 15 is 0 Å². The van der Waals surface area contributed by atoms with Crippen LogP contribution in [0.3, 0.4) is 0 Å². The molecule has 0 aliphatic heterocycles. The largest absolute Gasteiger partial charge is 0.383 e. The zero-order chi connectivity index (χ0) is 10.8. The fourth-order valence-electron chi connectivity index (χ4n) is 1.05. The van der Waals surface area contributed by atoms with E-state index in [4.69, 9.17) is 0 Å². The van der Waals surface area contributed by atoms with Gasteiger partial charge in [0, 0.05) is 6.42 Å². The highest BCUT2D eigenvalue weighted by Crippen LogP contribution is 2.10. The molecule has 2 nitrogen and oxygen atoms in total. The van der Waals surface area contributed by atoms with Crippen molar-refractivity contribution in [1.29, 1.82) is 0 Å². The first-order valence-electron chi connectivity index (χ1n) is 4.40. The van der Waals surface area contributed by atoms with Gasteiger partial charge in [0.2, 0.25) is 0 Å². The number of benzene rings is 1. The number of Topliss-reactive ketones (excluding diaryl/α,β-unsaturated/α-hetero) is 1. The van der Waals surface area contributed by atoms with Gasteiger partial charge in [-0.2, -0.15) is 0 Å². The Morgan fingerprint density at radius 1 is 1.50 bits per heavy atom. The normalized spacial score (nSPS) is 11.4. The van der Waals surface area contributed by atoms with E-state index in [0.717, 1.165) is 0 Å². The highest BCUT2D eigenvalue weighted by Gasteiger charge is 2.23. The Hall–Kier alpha value is -1.22. The summed E-state index contributed by atoms with van der Waals surface area (Å²) in [5.41, 5.74) is -0.774. The summed E-state index contributed by atoms with van der Waals surface area (Å²) in [5, 5.41) is 9.37. The average Bonchev–Trinajstić information content (AvgIpc) is 2.02. The van der Waals surface area contributed by atoms with Crippen molar-refractivity contribution >= 4 is 5.78 Å². The van der Waals surface area contributed by atoms with E-state index in [1.807, 2.05) is 0 Å². The minimum atomic E-state index is -1.35. The summed E-state index contributed by atoms with van der Waals surface area (Å²) in [6.45, 7) is 2.85. The van der Waals surface area contributed by atoms with Gasteiger partial charge in [0.05, 0.1) is 0 Å². The van der Waals surface area contributed by atoms with Crippen molar-refractivity contribution in [3.63, 3.8) is 0 Å². The number of hydrogen-bond donors (Lipinski definition) is 1. The van der Waals surface area contributed by atoms with E-state index in [2.05, 4.69) is 0 Å². The maximum atomic E-state index is 12.7. The second-order valence-electron chi connectivity index (χ2n) is 3.79. The van der Waals surface area contributed by atoms with Crippen LogP contribution in [-0.4, -0.2) is 16.5 Å². The third-order valence-corrected chi connectivity index (χ3v) is 1.94. The van der Waals surface area contributed by atoms with E-state index < -0.39 is 5.60 Å². The van der Waals surface area contributed by atoms with Crippen molar-refractivity contribution in [2.24, 2.45) is 0 Å². The number of aliphatic hydroxyl groups is 1. The lowest BCUT2D eigenvalue weighted by Crippen LogP contribution is -2.32. The van der Waals surface area contributed by atoms with E-state index in [0.29, 0.717) is 5.56 Å². The summed E-state index contributed by atoms with van der Waals surface area (Å²) < 4.78 is 12.7. The molecule has 0 aliphatic carbocycles. The van der Waals surface area contributed by atoms with Crippen molar-refractivity contribution in [3.05, 3.63) is 35.6 Å². The standard InChI is InChI=1S/C11H13FO2/c1-11(2,14)10(13)7-8-4-3-5-9(12)6-8/h3-6,14H,7H2,1-2H3. The van der Waals surface area contributed by atoms with Crippen LogP contribution >= 0.6 is 0 Å². The highest BCUT2D eigenvalue weighted by molar-refractivity contribution is 5.88. The van der Waals surface area contributed by atoms with Gasteiger partial charge in [-0.3, -0.25) is 4.79 Å². The smallest absolute Gasteiger partial charge is 0.168 e. The van der Waals surface area contributed by atoms with Crippen LogP contribution in [-0.2, 0) is 11.2 Å². The molecule has 0 atom stereocenters. The van der Waals surface area contributed by atoms with Crippen LogP contribution in [0.4, 0.5) is 4.39 Å². The quantitative estimate of drug-likeness (QED) is 0.799. The van der Waals surface area contributed by atoms with Crippen LogP contribution in [0.5, 0.6) is 0 Å². The van der Waals surface area contributed by atoms with Gasteiger partial charge in [0.25, 0.3) is 0 Å². The molecule has 0 spiro atoms. The average molecular weight is 196 g/mol. The van der Waals surface area contributed by atoms with Gasteiger partial charge in [-0.05, 0) is 31.5 Å². The lowest BCUT2D eigenvalue weighted by Gasteiger charge is -2.15. The molecule has 0 saturated heterocycles. The van der Waals surface area contributed by atoms with E-state index in [1.165, 1.54) is 26.0 Å².